The summed E-state index contributed by atoms with van der Waals surface area (Å²) in [4.78, 5) is 26.1. The van der Waals surface area contributed by atoms with Crippen LogP contribution in [0.25, 0.3) is 0 Å². The molecule has 1 saturated heterocycles. The van der Waals surface area contributed by atoms with Gasteiger partial charge in [0.05, 0.1) is 17.1 Å². The number of carbonyl (C=O) groups excluding carboxylic acids is 2. The summed E-state index contributed by atoms with van der Waals surface area (Å²) in [5.41, 5.74) is 0.368. The third-order valence-corrected chi connectivity index (χ3v) is 6.52. The number of benzene rings is 1. The van der Waals surface area contributed by atoms with Crippen molar-refractivity contribution in [2.75, 3.05) is 18.1 Å². The summed E-state index contributed by atoms with van der Waals surface area (Å²) in [6.45, 7) is -0.359. The first kappa shape index (κ1) is 17.4. The smallest absolute Gasteiger partial charge is 0.338 e. The number of ether oxygens (including phenoxy) is 1. The maximum absolute atomic E-state index is 12.5. The predicted octanol–water partition coefficient (Wildman–Crippen LogP) is 1.78. The molecule has 1 aliphatic carbocycles. The van der Waals surface area contributed by atoms with Gasteiger partial charge in [-0.05, 0) is 43.5 Å². The van der Waals surface area contributed by atoms with Crippen LogP contribution in [0, 0.1) is 0 Å². The molecule has 1 atom stereocenters. The van der Waals surface area contributed by atoms with Crippen LogP contribution in [-0.4, -0.2) is 55.4 Å². The Bertz CT molecular complexity index is 742. The van der Waals surface area contributed by atoms with Gasteiger partial charge >= 0.3 is 5.97 Å². The fourth-order valence-corrected chi connectivity index (χ4v) is 4.90. The quantitative estimate of drug-likeness (QED) is 0.684. The normalized spacial score (nSPS) is 22.1. The molecule has 2 fully saturated rings. The van der Waals surface area contributed by atoms with Gasteiger partial charge in [-0.15, -0.1) is 0 Å². The van der Waals surface area contributed by atoms with Crippen LogP contribution in [0.15, 0.2) is 28.7 Å². The molecule has 1 amide bonds. The van der Waals surface area contributed by atoms with E-state index < -0.39 is 15.8 Å². The van der Waals surface area contributed by atoms with Crippen molar-refractivity contribution in [1.29, 1.82) is 0 Å². The van der Waals surface area contributed by atoms with Crippen LogP contribution in [0.5, 0.6) is 0 Å². The second-order valence-electron chi connectivity index (χ2n) is 6.17. The topological polar surface area (TPSA) is 80.8 Å². The van der Waals surface area contributed by atoms with Gasteiger partial charge in [-0.3, -0.25) is 4.79 Å². The van der Waals surface area contributed by atoms with E-state index in [-0.39, 0.29) is 36.1 Å². The lowest BCUT2D eigenvalue weighted by Crippen LogP contribution is -2.44. The Kier molecular flexibility index (Phi) is 4.96. The van der Waals surface area contributed by atoms with Crippen LogP contribution in [-0.2, 0) is 19.4 Å². The Morgan fingerprint density at radius 3 is 2.33 bits per heavy atom. The van der Waals surface area contributed by atoms with Gasteiger partial charge in [0.25, 0.3) is 5.91 Å². The van der Waals surface area contributed by atoms with Crippen LogP contribution < -0.4 is 0 Å². The van der Waals surface area contributed by atoms with Crippen molar-refractivity contribution in [3.8, 4) is 0 Å². The summed E-state index contributed by atoms with van der Waals surface area (Å²) in [6, 6.07) is 6.46. The standard InChI is InChI=1S/C16H18BrNO5S/c17-12-3-1-11(2-4-12)16(20)23-9-15(19)18(13-5-6-13)14-7-8-24(21,22)10-14/h1-4,13-14H,5-10H2/t14-/m1/s1. The van der Waals surface area contributed by atoms with Gasteiger partial charge in [0.2, 0.25) is 0 Å². The van der Waals surface area contributed by atoms with E-state index in [1.807, 2.05) is 0 Å². The first-order chi connectivity index (χ1) is 11.4. The van der Waals surface area contributed by atoms with Gasteiger partial charge in [0.15, 0.2) is 16.4 Å². The zero-order valence-corrected chi connectivity index (χ0v) is 15.4. The minimum absolute atomic E-state index is 0.00982. The van der Waals surface area contributed by atoms with Gasteiger partial charge in [-0.25, -0.2) is 13.2 Å². The van der Waals surface area contributed by atoms with Crippen molar-refractivity contribution in [3.63, 3.8) is 0 Å². The highest BCUT2D eigenvalue weighted by Crippen LogP contribution is 2.32. The first-order valence-electron chi connectivity index (χ1n) is 7.80. The Labute approximate surface area is 149 Å². The molecule has 0 N–H and O–H groups in total. The summed E-state index contributed by atoms with van der Waals surface area (Å²) in [7, 11) is -3.06. The maximum Gasteiger partial charge on any atom is 0.338 e. The van der Waals surface area contributed by atoms with Crippen LogP contribution in [0.4, 0.5) is 0 Å². The molecule has 24 heavy (non-hydrogen) atoms. The van der Waals surface area contributed by atoms with E-state index in [1.54, 1.807) is 29.2 Å². The van der Waals surface area contributed by atoms with Gasteiger partial charge < -0.3 is 9.64 Å². The minimum Gasteiger partial charge on any atom is -0.452 e. The second kappa shape index (κ2) is 6.84. The predicted molar refractivity (Wildman–Crippen MR) is 91.4 cm³/mol. The number of halogens is 1. The molecule has 130 valence electrons. The molecule has 1 aromatic rings. The third kappa shape index (κ3) is 4.16. The minimum atomic E-state index is -3.06. The average Bonchev–Trinajstić information content (AvgIpc) is 3.29. The van der Waals surface area contributed by atoms with Crippen molar-refractivity contribution in [2.24, 2.45) is 0 Å². The largest absolute Gasteiger partial charge is 0.452 e. The Hall–Kier alpha value is -1.41. The van der Waals surface area contributed by atoms with Crippen LogP contribution >= 0.6 is 15.9 Å². The lowest BCUT2D eigenvalue weighted by atomic mass is 10.2. The van der Waals surface area contributed by atoms with Gasteiger partial charge in [-0.2, -0.15) is 0 Å². The van der Waals surface area contributed by atoms with Crippen LogP contribution in [0.1, 0.15) is 29.6 Å². The number of carbonyl (C=O) groups is 2. The molecule has 0 spiro atoms. The van der Waals surface area contributed by atoms with Crippen molar-refractivity contribution in [3.05, 3.63) is 34.3 Å². The fourth-order valence-electron chi connectivity index (χ4n) is 2.92. The SMILES string of the molecule is O=C(OCC(=O)N(C1CC1)[C@@H]1CCS(=O)(=O)C1)c1ccc(Br)cc1. The molecule has 1 aromatic carbocycles. The van der Waals surface area contributed by atoms with E-state index in [9.17, 15) is 18.0 Å². The van der Waals surface area contributed by atoms with Crippen molar-refractivity contribution < 1.29 is 22.7 Å². The maximum atomic E-state index is 12.5. The highest BCUT2D eigenvalue weighted by molar-refractivity contribution is 9.10. The Morgan fingerprint density at radius 2 is 1.79 bits per heavy atom. The highest BCUT2D eigenvalue weighted by atomic mass is 79.9. The summed E-state index contributed by atoms with van der Waals surface area (Å²) in [5, 5.41) is 0. The van der Waals surface area contributed by atoms with E-state index in [0.29, 0.717) is 12.0 Å². The summed E-state index contributed by atoms with van der Waals surface area (Å²) in [6.07, 6.45) is 2.22. The summed E-state index contributed by atoms with van der Waals surface area (Å²) < 4.78 is 29.3. The molecule has 6 nitrogen and oxygen atoms in total. The number of nitrogens with zero attached hydrogens (tertiary/aromatic N) is 1. The second-order valence-corrected chi connectivity index (χ2v) is 9.32. The van der Waals surface area contributed by atoms with Crippen molar-refractivity contribution in [2.45, 2.75) is 31.3 Å². The summed E-state index contributed by atoms with van der Waals surface area (Å²) >= 11 is 3.28. The molecule has 0 bridgehead atoms. The molecular formula is C16H18BrNO5S. The number of rotatable bonds is 5. The zero-order valence-electron chi connectivity index (χ0n) is 13.0. The molecule has 1 saturated carbocycles. The molecule has 3 rings (SSSR count). The number of esters is 1. The first-order valence-corrected chi connectivity index (χ1v) is 10.4. The monoisotopic (exact) mass is 415 g/mol. The van der Waals surface area contributed by atoms with Gasteiger partial charge in [-0.1, -0.05) is 15.9 Å². The van der Waals surface area contributed by atoms with E-state index in [2.05, 4.69) is 15.9 Å². The number of amides is 1. The van der Waals surface area contributed by atoms with Crippen LogP contribution in [0.3, 0.4) is 0 Å². The molecule has 8 heteroatoms. The number of sulfone groups is 1. The molecule has 1 aliphatic heterocycles. The van der Waals surface area contributed by atoms with Crippen molar-refractivity contribution >= 4 is 37.6 Å². The van der Waals surface area contributed by atoms with E-state index >= 15 is 0 Å². The summed E-state index contributed by atoms with van der Waals surface area (Å²) in [5.74, 6) is -0.751. The van der Waals surface area contributed by atoms with E-state index in [1.165, 1.54) is 0 Å². The molecule has 0 radical (unpaired) electrons. The highest BCUT2D eigenvalue weighted by Gasteiger charge is 2.42. The van der Waals surface area contributed by atoms with E-state index in [0.717, 1.165) is 17.3 Å². The van der Waals surface area contributed by atoms with Crippen LogP contribution in [0.2, 0.25) is 0 Å². The van der Waals surface area contributed by atoms with Gasteiger partial charge in [0.1, 0.15) is 0 Å². The lowest BCUT2D eigenvalue weighted by molar-refractivity contribution is -0.137. The Balaban J connectivity index is 1.60. The third-order valence-electron chi connectivity index (χ3n) is 4.24. The molecule has 1 heterocycles. The fraction of sp³-hybridized carbons (Fsp3) is 0.500. The molecular weight excluding hydrogens is 398 g/mol. The van der Waals surface area contributed by atoms with E-state index in [4.69, 9.17) is 4.74 Å². The van der Waals surface area contributed by atoms with Gasteiger partial charge in [0, 0.05) is 16.6 Å². The number of hydrogen-bond donors (Lipinski definition) is 0. The number of hydrogen-bond acceptors (Lipinski definition) is 5. The lowest BCUT2D eigenvalue weighted by Gasteiger charge is -2.28. The average molecular weight is 416 g/mol. The Morgan fingerprint density at radius 1 is 1.12 bits per heavy atom. The molecule has 2 aliphatic rings. The van der Waals surface area contributed by atoms with Crippen molar-refractivity contribution in [1.82, 2.24) is 4.90 Å². The molecule has 0 aromatic heterocycles. The zero-order chi connectivity index (χ0) is 17.3. The molecule has 0 unspecified atom stereocenters.